The topological polar surface area (TPSA) is 38.3 Å². The maximum Gasteiger partial charge on any atom is 0.416 e. The molecule has 3 nitrogen and oxygen atoms in total. The van der Waals surface area contributed by atoms with Crippen LogP contribution in [0.4, 0.5) is 13.2 Å². The van der Waals surface area contributed by atoms with Gasteiger partial charge in [-0.15, -0.1) is 0 Å². The van der Waals surface area contributed by atoms with Crippen molar-refractivity contribution in [1.29, 1.82) is 0 Å². The van der Waals surface area contributed by atoms with E-state index in [1.807, 2.05) is 0 Å². The predicted octanol–water partition coefficient (Wildman–Crippen LogP) is 5.33. The van der Waals surface area contributed by atoms with Crippen molar-refractivity contribution in [2.24, 2.45) is 5.92 Å². The van der Waals surface area contributed by atoms with Gasteiger partial charge in [0.15, 0.2) is 0 Å². The second kappa shape index (κ2) is 11.2. The highest BCUT2D eigenvalue weighted by Crippen LogP contribution is 2.29. The van der Waals surface area contributed by atoms with Crippen molar-refractivity contribution in [3.8, 4) is 0 Å². The highest BCUT2D eigenvalue weighted by atomic mass is 19.4. The number of ether oxygens (including phenoxy) is 1. The summed E-state index contributed by atoms with van der Waals surface area (Å²) in [5, 5.41) is 3.38. The second-order valence-corrected chi connectivity index (χ2v) is 6.83. The van der Waals surface area contributed by atoms with Crippen molar-refractivity contribution in [3.63, 3.8) is 0 Å². The normalized spacial score (nSPS) is 13.0. The predicted molar refractivity (Wildman–Crippen MR) is 96.6 cm³/mol. The zero-order valence-electron chi connectivity index (χ0n) is 15.9. The number of nitrogens with one attached hydrogen (secondary N) is 1. The van der Waals surface area contributed by atoms with Crippen molar-refractivity contribution in [2.75, 3.05) is 6.61 Å². The first-order chi connectivity index (χ1) is 12.2. The first kappa shape index (κ1) is 22.5. The Morgan fingerprint density at radius 3 is 2.54 bits per heavy atom. The van der Waals surface area contributed by atoms with Crippen molar-refractivity contribution in [2.45, 2.75) is 71.6 Å². The Labute approximate surface area is 154 Å². The molecule has 0 heterocycles. The fraction of sp³-hybridized carbons (Fsp3) is 0.650. The van der Waals surface area contributed by atoms with Crippen LogP contribution in [0.25, 0.3) is 0 Å². The molecule has 0 saturated carbocycles. The molecule has 0 spiro atoms. The van der Waals surface area contributed by atoms with Gasteiger partial charge in [0.25, 0.3) is 0 Å². The molecule has 148 valence electrons. The van der Waals surface area contributed by atoms with Crippen molar-refractivity contribution in [3.05, 3.63) is 35.4 Å². The molecule has 0 fully saturated rings. The summed E-state index contributed by atoms with van der Waals surface area (Å²) in [5.74, 6) is 0.224. The molecule has 0 radical (unpaired) electrons. The van der Waals surface area contributed by atoms with Gasteiger partial charge < -0.3 is 10.1 Å². The fourth-order valence-electron chi connectivity index (χ4n) is 2.82. The number of benzene rings is 1. The molecule has 0 bridgehead atoms. The van der Waals surface area contributed by atoms with Crippen LogP contribution in [0.15, 0.2) is 24.3 Å². The molecule has 0 amide bonds. The average Bonchev–Trinajstić information content (AvgIpc) is 2.56. The Balaban J connectivity index is 2.41. The molecule has 0 aromatic heterocycles. The van der Waals surface area contributed by atoms with E-state index in [1.54, 1.807) is 13.0 Å². The van der Waals surface area contributed by atoms with Gasteiger partial charge in [-0.1, -0.05) is 44.9 Å². The number of rotatable bonds is 11. The molecule has 0 aliphatic rings. The minimum absolute atomic E-state index is 0.157. The van der Waals surface area contributed by atoms with Crippen LogP contribution in [-0.4, -0.2) is 18.6 Å². The molecule has 1 unspecified atom stereocenters. The van der Waals surface area contributed by atoms with E-state index in [-0.39, 0.29) is 12.0 Å². The van der Waals surface area contributed by atoms with E-state index < -0.39 is 11.7 Å². The molecule has 1 aromatic rings. The maximum absolute atomic E-state index is 12.8. The average molecular weight is 373 g/mol. The van der Waals surface area contributed by atoms with Gasteiger partial charge in [0.2, 0.25) is 0 Å². The first-order valence-electron chi connectivity index (χ1n) is 9.29. The monoisotopic (exact) mass is 373 g/mol. The third-order valence-corrected chi connectivity index (χ3v) is 4.33. The molecule has 1 rings (SSSR count). The summed E-state index contributed by atoms with van der Waals surface area (Å²) in [6.07, 6.45) is -0.230. The Kier molecular flexibility index (Phi) is 9.70. The van der Waals surface area contributed by atoms with Crippen LogP contribution in [-0.2, 0) is 22.3 Å². The number of hydrogen-bond acceptors (Lipinski definition) is 3. The summed E-state index contributed by atoms with van der Waals surface area (Å²) in [4.78, 5) is 11.3. The van der Waals surface area contributed by atoms with Gasteiger partial charge in [0.1, 0.15) is 0 Å². The molecule has 26 heavy (non-hydrogen) atoms. The highest BCUT2D eigenvalue weighted by molar-refractivity contribution is 5.69. The number of carbonyl (C=O) groups excluding carboxylic acids is 1. The number of carbonyl (C=O) groups is 1. The highest BCUT2D eigenvalue weighted by Gasteiger charge is 2.30. The van der Waals surface area contributed by atoms with E-state index in [0.29, 0.717) is 31.1 Å². The number of hydrogen-bond donors (Lipinski definition) is 1. The van der Waals surface area contributed by atoms with Crippen molar-refractivity contribution < 1.29 is 22.7 Å². The van der Waals surface area contributed by atoms with Gasteiger partial charge in [-0.25, -0.2) is 0 Å². The van der Waals surface area contributed by atoms with Crippen LogP contribution in [0.2, 0.25) is 0 Å². The molecular formula is C20H30F3NO2. The Bertz CT molecular complexity index is 544. The second-order valence-electron chi connectivity index (χ2n) is 6.83. The summed E-state index contributed by atoms with van der Waals surface area (Å²) < 4.78 is 43.3. The lowest BCUT2D eigenvalue weighted by atomic mass is 9.97. The van der Waals surface area contributed by atoms with E-state index in [0.717, 1.165) is 31.7 Å². The van der Waals surface area contributed by atoms with Gasteiger partial charge in [-0.05, 0) is 37.3 Å². The Morgan fingerprint density at radius 1 is 1.19 bits per heavy atom. The van der Waals surface area contributed by atoms with Gasteiger partial charge in [-0.3, -0.25) is 4.79 Å². The summed E-state index contributed by atoms with van der Waals surface area (Å²) in [5.41, 5.74) is 0.0182. The van der Waals surface area contributed by atoms with E-state index in [9.17, 15) is 18.0 Å². The number of alkyl halides is 3. The van der Waals surface area contributed by atoms with E-state index in [4.69, 9.17) is 4.74 Å². The quantitative estimate of drug-likeness (QED) is 0.421. The number of halogens is 3. The van der Waals surface area contributed by atoms with Crippen LogP contribution in [0.5, 0.6) is 0 Å². The van der Waals surface area contributed by atoms with E-state index in [2.05, 4.69) is 19.2 Å². The van der Waals surface area contributed by atoms with Gasteiger partial charge >= 0.3 is 12.1 Å². The smallest absolute Gasteiger partial charge is 0.416 e. The lowest BCUT2D eigenvalue weighted by molar-refractivity contribution is -0.143. The minimum Gasteiger partial charge on any atom is -0.466 e. The largest absolute Gasteiger partial charge is 0.466 e. The number of unbranched alkanes of at least 4 members (excludes halogenated alkanes) is 2. The zero-order chi connectivity index (χ0) is 19.6. The SMILES string of the molecule is CCOC(=O)CCCCCC(NCc1cccc(C(F)(F)F)c1)C(C)C. The minimum atomic E-state index is -4.31. The standard InChI is InChI=1S/C20H30F3NO2/c1-4-26-19(25)12-7-5-6-11-18(15(2)3)24-14-16-9-8-10-17(13-16)20(21,22)23/h8-10,13,15,18,24H,4-7,11-12,14H2,1-3H3. The Hall–Kier alpha value is -1.56. The number of esters is 1. The van der Waals surface area contributed by atoms with Crippen LogP contribution < -0.4 is 5.32 Å². The summed E-state index contributed by atoms with van der Waals surface area (Å²) >= 11 is 0. The zero-order valence-corrected chi connectivity index (χ0v) is 15.9. The van der Waals surface area contributed by atoms with E-state index >= 15 is 0 Å². The molecule has 0 aliphatic heterocycles. The van der Waals surface area contributed by atoms with E-state index in [1.165, 1.54) is 12.1 Å². The molecule has 1 atom stereocenters. The van der Waals surface area contributed by atoms with Crippen LogP contribution >= 0.6 is 0 Å². The van der Waals surface area contributed by atoms with Gasteiger partial charge in [0.05, 0.1) is 12.2 Å². The fourth-order valence-corrected chi connectivity index (χ4v) is 2.82. The lowest BCUT2D eigenvalue weighted by Crippen LogP contribution is -2.33. The van der Waals surface area contributed by atoms with Gasteiger partial charge in [0, 0.05) is 19.0 Å². The molecule has 1 N–H and O–H groups in total. The van der Waals surface area contributed by atoms with Crippen molar-refractivity contribution in [1.82, 2.24) is 5.32 Å². The van der Waals surface area contributed by atoms with Crippen molar-refractivity contribution >= 4 is 5.97 Å². The van der Waals surface area contributed by atoms with Crippen LogP contribution in [0, 0.1) is 5.92 Å². The molecular weight excluding hydrogens is 343 g/mol. The third kappa shape index (κ3) is 8.70. The van der Waals surface area contributed by atoms with Crippen LogP contribution in [0.1, 0.15) is 64.0 Å². The third-order valence-electron chi connectivity index (χ3n) is 4.33. The molecule has 0 aliphatic carbocycles. The molecule has 6 heteroatoms. The van der Waals surface area contributed by atoms with Crippen LogP contribution in [0.3, 0.4) is 0 Å². The summed E-state index contributed by atoms with van der Waals surface area (Å²) in [7, 11) is 0. The molecule has 0 saturated heterocycles. The lowest BCUT2D eigenvalue weighted by Gasteiger charge is -2.23. The first-order valence-corrected chi connectivity index (χ1v) is 9.29. The Morgan fingerprint density at radius 2 is 1.92 bits per heavy atom. The maximum atomic E-state index is 12.8. The summed E-state index contributed by atoms with van der Waals surface area (Å²) in [6, 6.07) is 5.67. The van der Waals surface area contributed by atoms with Gasteiger partial charge in [-0.2, -0.15) is 13.2 Å². The summed E-state index contributed by atoms with van der Waals surface area (Å²) in [6.45, 7) is 6.81. The molecule has 1 aromatic carbocycles.